The van der Waals surface area contributed by atoms with Crippen molar-refractivity contribution in [1.29, 1.82) is 0 Å². The van der Waals surface area contributed by atoms with Gasteiger partial charge in [-0.25, -0.2) is 4.85 Å². The number of ether oxygens (including phenoxy) is 1. The molecule has 4 rings (SSSR count). The summed E-state index contributed by atoms with van der Waals surface area (Å²) in [7, 11) is 0. The summed E-state index contributed by atoms with van der Waals surface area (Å²) in [5, 5.41) is 25.3. The Labute approximate surface area is 240 Å². The van der Waals surface area contributed by atoms with E-state index in [2.05, 4.69) is 57.7 Å². The Kier molecular flexibility index (Phi) is 10.1. The maximum Gasteiger partial charge on any atom is 0.320 e. The molecule has 0 radical (unpaired) electrons. The first-order chi connectivity index (χ1) is 19.9. The van der Waals surface area contributed by atoms with Crippen LogP contribution in [0.15, 0.2) is 79.1 Å². The molecular weight excluding hydrogens is 516 g/mol. The number of nitrogens with one attached hydrogen (secondary N) is 2. The number of aliphatic carboxylic acids is 1. The van der Waals surface area contributed by atoms with Crippen LogP contribution in [0.1, 0.15) is 34.2 Å². The molecule has 0 amide bonds. The number of hydrogen-bond donors (Lipinski definition) is 4. The van der Waals surface area contributed by atoms with Crippen molar-refractivity contribution in [3.05, 3.63) is 118 Å². The number of pyridine rings is 1. The highest BCUT2D eigenvalue weighted by molar-refractivity contribution is 5.73. The number of rotatable bonds is 13. The Morgan fingerprint density at radius 3 is 2.56 bits per heavy atom. The summed E-state index contributed by atoms with van der Waals surface area (Å²) in [4.78, 5) is 19.2. The zero-order valence-electron chi connectivity index (χ0n) is 23.2. The smallest absolute Gasteiger partial charge is 0.320 e. The molecule has 0 aliphatic rings. The Hall–Kier alpha value is -4.71. The topological polar surface area (TPSA) is 108 Å². The van der Waals surface area contributed by atoms with Gasteiger partial charge in [-0.05, 0) is 65.8 Å². The van der Waals surface area contributed by atoms with Gasteiger partial charge in [0.25, 0.3) is 0 Å². The second-order valence-corrected chi connectivity index (χ2v) is 9.82. The molecule has 4 aromatic rings. The summed E-state index contributed by atoms with van der Waals surface area (Å²) in [6, 6.07) is 21.4. The van der Waals surface area contributed by atoms with Gasteiger partial charge in [-0.15, -0.1) is 0 Å². The predicted octanol–water partition coefficient (Wildman–Crippen LogP) is 6.03. The molecule has 1 aromatic heterocycles. The number of aryl methyl sites for hydroxylation is 1. The first kappa shape index (κ1) is 29.3. The largest absolute Gasteiger partial charge is 0.488 e. The summed E-state index contributed by atoms with van der Waals surface area (Å²) >= 11 is 0. The molecule has 0 saturated carbocycles. The van der Waals surface area contributed by atoms with Gasteiger partial charge in [0.15, 0.2) is 0 Å². The number of anilines is 1. The fourth-order valence-corrected chi connectivity index (χ4v) is 4.66. The Morgan fingerprint density at radius 1 is 1.02 bits per heavy atom. The van der Waals surface area contributed by atoms with Crippen LogP contribution in [0.3, 0.4) is 0 Å². The summed E-state index contributed by atoms with van der Waals surface area (Å²) < 4.78 is 6.20. The number of carbonyl (C=O) groups is 1. The van der Waals surface area contributed by atoms with E-state index in [1.807, 2.05) is 37.3 Å². The van der Waals surface area contributed by atoms with Gasteiger partial charge in [0.05, 0.1) is 6.57 Å². The van der Waals surface area contributed by atoms with Crippen molar-refractivity contribution in [2.75, 3.05) is 11.9 Å². The number of hydrogen-bond acceptors (Lipinski definition) is 6. The molecule has 1 atom stereocenters. The lowest BCUT2D eigenvalue weighted by molar-refractivity contribution is -0.140. The fourth-order valence-electron chi connectivity index (χ4n) is 4.66. The molecule has 4 N–H and O–H groups in total. The van der Waals surface area contributed by atoms with Crippen LogP contribution < -0.4 is 15.4 Å². The van der Waals surface area contributed by atoms with E-state index >= 15 is 0 Å². The molecular formula is C33H34N4O4. The number of benzene rings is 3. The molecule has 0 bridgehead atoms. The standard InChI is InChI=1S/C33H34N4O4/c1-22-14-27(19-36-30(12-13-38)33(39)40)32(41-21-24-15-28(34-3)20-35-17-24)16-31(22)37-18-26-10-7-11-29(23(26)2)25-8-5-4-6-9-25/h4-11,14-17,20,30,36-38H,12-13,18-19,21H2,1-2H3,(H,39,40)/t30-/m1/s1. The lowest BCUT2D eigenvalue weighted by Crippen LogP contribution is -2.37. The fraction of sp³-hybridized carbons (Fsp3) is 0.242. The van der Waals surface area contributed by atoms with E-state index in [4.69, 9.17) is 11.3 Å². The highest BCUT2D eigenvalue weighted by Gasteiger charge is 2.18. The summed E-state index contributed by atoms with van der Waals surface area (Å²) in [6.45, 7) is 12.2. The zero-order valence-corrected chi connectivity index (χ0v) is 23.2. The number of carboxylic acids is 1. The van der Waals surface area contributed by atoms with Gasteiger partial charge in [0.2, 0.25) is 5.69 Å². The molecule has 0 aliphatic heterocycles. The van der Waals surface area contributed by atoms with Crippen molar-refractivity contribution < 1.29 is 19.7 Å². The van der Waals surface area contributed by atoms with Gasteiger partial charge >= 0.3 is 5.97 Å². The van der Waals surface area contributed by atoms with Crippen molar-refractivity contribution in [3.8, 4) is 16.9 Å². The summed E-state index contributed by atoms with van der Waals surface area (Å²) in [5.74, 6) is -0.437. The SMILES string of the molecule is [C-]#[N+]c1cncc(COc2cc(NCc3cccc(-c4ccccc4)c3C)c(C)cc2CN[C@H](CCO)C(=O)O)c1. The van der Waals surface area contributed by atoms with Gasteiger partial charge < -0.3 is 25.6 Å². The maximum atomic E-state index is 11.6. The molecule has 41 heavy (non-hydrogen) atoms. The summed E-state index contributed by atoms with van der Waals surface area (Å²) in [5.41, 5.74) is 8.60. The van der Waals surface area contributed by atoms with Crippen molar-refractivity contribution in [3.63, 3.8) is 0 Å². The second-order valence-electron chi connectivity index (χ2n) is 9.82. The molecule has 8 heteroatoms. The molecule has 0 aliphatic carbocycles. The van der Waals surface area contributed by atoms with E-state index in [0.717, 1.165) is 22.4 Å². The first-order valence-electron chi connectivity index (χ1n) is 13.4. The number of nitrogens with zero attached hydrogens (tertiary/aromatic N) is 2. The van der Waals surface area contributed by atoms with E-state index in [-0.39, 0.29) is 26.2 Å². The molecule has 3 aromatic carbocycles. The van der Waals surface area contributed by atoms with Crippen LogP contribution >= 0.6 is 0 Å². The summed E-state index contributed by atoms with van der Waals surface area (Å²) in [6.07, 6.45) is 3.26. The highest BCUT2D eigenvalue weighted by atomic mass is 16.5. The Morgan fingerprint density at radius 2 is 1.83 bits per heavy atom. The third-order valence-electron chi connectivity index (χ3n) is 6.97. The normalized spacial score (nSPS) is 11.5. The minimum absolute atomic E-state index is 0.0978. The van der Waals surface area contributed by atoms with Crippen molar-refractivity contribution >= 4 is 17.3 Å². The minimum atomic E-state index is -1.02. The molecule has 0 saturated heterocycles. The van der Waals surface area contributed by atoms with Gasteiger partial charge in [-0.1, -0.05) is 48.5 Å². The van der Waals surface area contributed by atoms with Crippen molar-refractivity contribution in [1.82, 2.24) is 10.3 Å². The van der Waals surface area contributed by atoms with Gasteiger partial charge in [-0.3, -0.25) is 9.78 Å². The molecule has 0 spiro atoms. The average Bonchev–Trinajstić information content (AvgIpc) is 2.99. The number of aromatic nitrogens is 1. The average molecular weight is 551 g/mol. The maximum absolute atomic E-state index is 11.6. The molecule has 210 valence electrons. The van der Waals surface area contributed by atoms with E-state index in [1.165, 1.54) is 28.5 Å². The molecule has 0 unspecified atom stereocenters. The Bertz CT molecular complexity index is 1530. The van der Waals surface area contributed by atoms with E-state index < -0.39 is 12.0 Å². The zero-order chi connectivity index (χ0) is 29.2. The van der Waals surface area contributed by atoms with Crippen LogP contribution in [0, 0.1) is 20.4 Å². The first-order valence-corrected chi connectivity index (χ1v) is 13.4. The highest BCUT2D eigenvalue weighted by Crippen LogP contribution is 2.30. The number of aliphatic hydroxyl groups is 1. The van der Waals surface area contributed by atoms with Crippen LogP contribution in [0.4, 0.5) is 11.4 Å². The van der Waals surface area contributed by atoms with Crippen LogP contribution in [-0.4, -0.2) is 33.8 Å². The molecule has 8 nitrogen and oxygen atoms in total. The van der Waals surface area contributed by atoms with Crippen LogP contribution in [0.2, 0.25) is 0 Å². The number of carboxylic acid groups (broad SMARTS) is 1. The lowest BCUT2D eigenvalue weighted by Gasteiger charge is -2.20. The van der Waals surface area contributed by atoms with Gasteiger partial charge in [0, 0.05) is 49.4 Å². The third kappa shape index (κ3) is 7.70. The van der Waals surface area contributed by atoms with E-state index in [0.29, 0.717) is 18.0 Å². The third-order valence-corrected chi connectivity index (χ3v) is 6.97. The quantitative estimate of drug-likeness (QED) is 0.151. The predicted molar refractivity (Wildman–Crippen MR) is 160 cm³/mol. The Balaban J connectivity index is 1.58. The van der Waals surface area contributed by atoms with E-state index in [9.17, 15) is 15.0 Å². The number of aliphatic hydroxyl groups excluding tert-OH is 1. The van der Waals surface area contributed by atoms with Gasteiger partial charge in [-0.2, -0.15) is 0 Å². The second kappa shape index (κ2) is 14.1. The van der Waals surface area contributed by atoms with Crippen molar-refractivity contribution in [2.24, 2.45) is 0 Å². The van der Waals surface area contributed by atoms with Crippen LogP contribution in [0.5, 0.6) is 5.75 Å². The van der Waals surface area contributed by atoms with Crippen molar-refractivity contribution in [2.45, 2.75) is 46.0 Å². The van der Waals surface area contributed by atoms with E-state index in [1.54, 1.807) is 12.3 Å². The minimum Gasteiger partial charge on any atom is -0.488 e. The monoisotopic (exact) mass is 550 g/mol. The molecule has 0 fully saturated rings. The van der Waals surface area contributed by atoms with Gasteiger partial charge in [0.1, 0.15) is 18.4 Å². The van der Waals surface area contributed by atoms with Crippen LogP contribution in [-0.2, 0) is 24.5 Å². The lowest BCUT2D eigenvalue weighted by atomic mass is 9.96. The molecule has 1 heterocycles. The van der Waals surface area contributed by atoms with Crippen LogP contribution in [0.25, 0.3) is 16.0 Å².